The highest BCUT2D eigenvalue weighted by Crippen LogP contribution is 2.38. The second-order valence-corrected chi connectivity index (χ2v) is 4.60. The van der Waals surface area contributed by atoms with Gasteiger partial charge in [-0.2, -0.15) is 5.10 Å². The minimum Gasteiger partial charge on any atom is -0.486 e. The zero-order valence-corrected chi connectivity index (χ0v) is 11.4. The summed E-state index contributed by atoms with van der Waals surface area (Å²) >= 11 is 0. The third kappa shape index (κ3) is 2.23. The molecule has 106 valence electrons. The molecule has 0 amide bonds. The molecule has 0 spiro atoms. The molecule has 0 fully saturated rings. The van der Waals surface area contributed by atoms with Gasteiger partial charge in [0.05, 0.1) is 12.2 Å². The molecule has 3 rings (SSSR count). The fraction of sp³-hybridized carbons (Fsp3) is 0.357. The molecular weight excluding hydrogens is 256 g/mol. The van der Waals surface area contributed by atoms with E-state index in [9.17, 15) is 0 Å². The number of aromatic nitrogens is 2. The van der Waals surface area contributed by atoms with Gasteiger partial charge in [0.2, 0.25) is 0 Å². The van der Waals surface area contributed by atoms with Crippen molar-refractivity contribution in [3.8, 4) is 11.5 Å². The van der Waals surface area contributed by atoms with Crippen molar-refractivity contribution in [3.05, 3.63) is 41.7 Å². The molecule has 6 nitrogen and oxygen atoms in total. The number of aryl methyl sites for hydroxylation is 1. The molecule has 2 aromatic rings. The maximum absolute atomic E-state index is 5.74. The van der Waals surface area contributed by atoms with Crippen molar-refractivity contribution in [2.24, 2.45) is 5.84 Å². The van der Waals surface area contributed by atoms with Gasteiger partial charge in [-0.1, -0.05) is 12.1 Å². The van der Waals surface area contributed by atoms with E-state index in [1.165, 1.54) is 0 Å². The Hall–Kier alpha value is -2.05. The van der Waals surface area contributed by atoms with E-state index in [0.29, 0.717) is 13.2 Å². The molecule has 0 saturated heterocycles. The number of nitrogens with zero attached hydrogens (tertiary/aromatic N) is 2. The van der Waals surface area contributed by atoms with Crippen molar-refractivity contribution in [1.82, 2.24) is 15.2 Å². The maximum Gasteiger partial charge on any atom is 0.166 e. The molecule has 0 radical (unpaired) electrons. The van der Waals surface area contributed by atoms with Crippen LogP contribution in [0.1, 0.15) is 24.1 Å². The first-order valence-electron chi connectivity index (χ1n) is 6.70. The molecule has 6 heteroatoms. The number of hydrazine groups is 1. The van der Waals surface area contributed by atoms with Gasteiger partial charge < -0.3 is 9.47 Å². The molecule has 0 bridgehead atoms. The van der Waals surface area contributed by atoms with E-state index in [1.807, 2.05) is 42.2 Å². The summed E-state index contributed by atoms with van der Waals surface area (Å²) in [6, 6.07) is 5.66. The van der Waals surface area contributed by atoms with E-state index in [4.69, 9.17) is 15.3 Å². The van der Waals surface area contributed by atoms with Gasteiger partial charge in [0, 0.05) is 23.9 Å². The second kappa shape index (κ2) is 5.52. The van der Waals surface area contributed by atoms with Crippen LogP contribution in [-0.4, -0.2) is 23.0 Å². The SMILES string of the molecule is CCn1cc(C(NN)c2cccc3c2OCCO3)cn1. The normalized spacial score (nSPS) is 15.1. The quantitative estimate of drug-likeness (QED) is 0.648. The lowest BCUT2D eigenvalue weighted by Gasteiger charge is -2.24. The van der Waals surface area contributed by atoms with Gasteiger partial charge >= 0.3 is 0 Å². The number of para-hydroxylation sites is 1. The highest BCUT2D eigenvalue weighted by atomic mass is 16.6. The first-order valence-corrected chi connectivity index (χ1v) is 6.70. The van der Waals surface area contributed by atoms with Crippen LogP contribution in [0.4, 0.5) is 0 Å². The standard InChI is InChI=1S/C14H18N4O2/c1-2-18-9-10(8-16-18)13(17-15)11-4-3-5-12-14(11)20-7-6-19-12/h3-5,8-9,13,17H,2,6-7,15H2,1H3. The fourth-order valence-electron chi connectivity index (χ4n) is 2.39. The Labute approximate surface area is 117 Å². The molecule has 3 N–H and O–H groups in total. The van der Waals surface area contributed by atoms with Crippen LogP contribution in [0.2, 0.25) is 0 Å². The molecule has 1 atom stereocenters. The highest BCUT2D eigenvalue weighted by Gasteiger charge is 2.23. The molecule has 1 aliphatic heterocycles. The summed E-state index contributed by atoms with van der Waals surface area (Å²) in [5.74, 6) is 7.25. The van der Waals surface area contributed by atoms with Crippen LogP contribution in [0.5, 0.6) is 11.5 Å². The van der Waals surface area contributed by atoms with Crippen LogP contribution in [0.3, 0.4) is 0 Å². The Morgan fingerprint density at radius 3 is 3.00 bits per heavy atom. The Balaban J connectivity index is 2.01. The number of fused-ring (bicyclic) bond motifs is 1. The van der Waals surface area contributed by atoms with Crippen molar-refractivity contribution in [2.75, 3.05) is 13.2 Å². The van der Waals surface area contributed by atoms with Crippen molar-refractivity contribution in [3.63, 3.8) is 0 Å². The van der Waals surface area contributed by atoms with Crippen LogP contribution in [0.15, 0.2) is 30.6 Å². The number of hydrogen-bond acceptors (Lipinski definition) is 5. The minimum absolute atomic E-state index is 0.174. The molecular formula is C14H18N4O2. The van der Waals surface area contributed by atoms with Crippen molar-refractivity contribution >= 4 is 0 Å². The number of ether oxygens (including phenoxy) is 2. The van der Waals surface area contributed by atoms with E-state index in [-0.39, 0.29) is 6.04 Å². The molecule has 1 aliphatic rings. The monoisotopic (exact) mass is 274 g/mol. The number of rotatable bonds is 4. The summed E-state index contributed by atoms with van der Waals surface area (Å²) in [5.41, 5.74) is 4.79. The maximum atomic E-state index is 5.74. The predicted octanol–water partition coefficient (Wildman–Crippen LogP) is 1.23. The summed E-state index contributed by atoms with van der Waals surface area (Å²) < 4.78 is 13.2. The molecule has 0 aliphatic carbocycles. The van der Waals surface area contributed by atoms with Crippen molar-refractivity contribution < 1.29 is 9.47 Å². The van der Waals surface area contributed by atoms with Gasteiger partial charge in [-0.3, -0.25) is 10.5 Å². The molecule has 2 heterocycles. The summed E-state index contributed by atoms with van der Waals surface area (Å²) in [5, 5.41) is 4.29. The van der Waals surface area contributed by atoms with Gasteiger partial charge in [0.1, 0.15) is 13.2 Å². The lowest BCUT2D eigenvalue weighted by atomic mass is 10.0. The zero-order chi connectivity index (χ0) is 13.9. The van der Waals surface area contributed by atoms with E-state index in [2.05, 4.69) is 10.5 Å². The smallest absolute Gasteiger partial charge is 0.166 e. The number of nitrogens with two attached hydrogens (primary N) is 1. The first-order chi connectivity index (χ1) is 9.83. The fourth-order valence-corrected chi connectivity index (χ4v) is 2.39. The average molecular weight is 274 g/mol. The highest BCUT2D eigenvalue weighted by molar-refractivity contribution is 5.51. The molecule has 0 saturated carbocycles. The Morgan fingerprint density at radius 1 is 1.40 bits per heavy atom. The van der Waals surface area contributed by atoms with Gasteiger partial charge in [0.25, 0.3) is 0 Å². The molecule has 1 aromatic heterocycles. The molecule has 1 aromatic carbocycles. The van der Waals surface area contributed by atoms with Crippen molar-refractivity contribution in [2.45, 2.75) is 19.5 Å². The van der Waals surface area contributed by atoms with E-state index in [1.54, 1.807) is 0 Å². The summed E-state index contributed by atoms with van der Waals surface area (Å²) in [6.45, 7) is 3.99. The van der Waals surface area contributed by atoms with Gasteiger partial charge in [0.15, 0.2) is 11.5 Å². The third-order valence-corrected chi connectivity index (χ3v) is 3.38. The topological polar surface area (TPSA) is 74.3 Å². The van der Waals surface area contributed by atoms with E-state index >= 15 is 0 Å². The summed E-state index contributed by atoms with van der Waals surface area (Å²) in [6.07, 6.45) is 3.80. The van der Waals surface area contributed by atoms with Gasteiger partial charge in [-0.05, 0) is 13.0 Å². The molecule has 1 unspecified atom stereocenters. The lowest BCUT2D eigenvalue weighted by Crippen LogP contribution is -2.29. The Morgan fingerprint density at radius 2 is 2.25 bits per heavy atom. The minimum atomic E-state index is -0.174. The van der Waals surface area contributed by atoms with Crippen LogP contribution in [-0.2, 0) is 6.54 Å². The number of nitrogens with one attached hydrogen (secondary N) is 1. The van der Waals surface area contributed by atoms with Crippen LogP contribution < -0.4 is 20.7 Å². The van der Waals surface area contributed by atoms with Gasteiger partial charge in [-0.15, -0.1) is 0 Å². The first kappa shape index (κ1) is 13.0. The average Bonchev–Trinajstić information content (AvgIpc) is 2.97. The van der Waals surface area contributed by atoms with Crippen LogP contribution in [0, 0.1) is 0 Å². The predicted molar refractivity (Wildman–Crippen MR) is 74.5 cm³/mol. The van der Waals surface area contributed by atoms with Crippen LogP contribution in [0.25, 0.3) is 0 Å². The van der Waals surface area contributed by atoms with Gasteiger partial charge in [-0.25, -0.2) is 5.43 Å². The number of hydrogen-bond donors (Lipinski definition) is 2. The van der Waals surface area contributed by atoms with Crippen molar-refractivity contribution in [1.29, 1.82) is 0 Å². The Kier molecular flexibility index (Phi) is 3.58. The van der Waals surface area contributed by atoms with Crippen LogP contribution >= 0.6 is 0 Å². The second-order valence-electron chi connectivity index (χ2n) is 4.60. The third-order valence-electron chi connectivity index (χ3n) is 3.38. The van der Waals surface area contributed by atoms with E-state index in [0.717, 1.165) is 29.2 Å². The lowest BCUT2D eigenvalue weighted by molar-refractivity contribution is 0.169. The summed E-state index contributed by atoms with van der Waals surface area (Å²) in [7, 11) is 0. The van der Waals surface area contributed by atoms with E-state index < -0.39 is 0 Å². The number of benzene rings is 1. The molecule has 20 heavy (non-hydrogen) atoms. The zero-order valence-electron chi connectivity index (χ0n) is 11.4. The summed E-state index contributed by atoms with van der Waals surface area (Å²) in [4.78, 5) is 0. The Bertz CT molecular complexity index is 597. The largest absolute Gasteiger partial charge is 0.486 e.